The van der Waals surface area contributed by atoms with Gasteiger partial charge in [-0.25, -0.2) is 0 Å². The zero-order valence-corrected chi connectivity index (χ0v) is 18.4. The van der Waals surface area contributed by atoms with Crippen LogP contribution in [0.2, 0.25) is 0 Å². The summed E-state index contributed by atoms with van der Waals surface area (Å²) < 4.78 is 0. The second kappa shape index (κ2) is 11.7. The monoisotopic (exact) mass is 475 g/mol. The van der Waals surface area contributed by atoms with Gasteiger partial charge in [0.05, 0.1) is 6.54 Å². The molecule has 0 spiro atoms. The van der Waals surface area contributed by atoms with Crippen molar-refractivity contribution < 1.29 is 9.59 Å². The lowest BCUT2D eigenvalue weighted by molar-refractivity contribution is -0.121. The molecule has 0 aliphatic carbocycles. The average Bonchev–Trinajstić information content (AvgIpc) is 2.52. The van der Waals surface area contributed by atoms with Gasteiger partial charge in [0.1, 0.15) is 0 Å². The Morgan fingerprint density at radius 3 is 2.31 bits per heavy atom. The van der Waals surface area contributed by atoms with Crippen molar-refractivity contribution in [1.82, 2.24) is 21.3 Å². The summed E-state index contributed by atoms with van der Waals surface area (Å²) in [6.07, 6.45) is 0. The molecule has 26 heavy (non-hydrogen) atoms. The number of rotatable bonds is 6. The van der Waals surface area contributed by atoms with Gasteiger partial charge in [0, 0.05) is 31.2 Å². The Bertz CT molecular complexity index is 626. The number of nitrogens with one attached hydrogen (secondary N) is 4. The fourth-order valence-electron chi connectivity index (χ4n) is 2.09. The van der Waals surface area contributed by atoms with Crippen LogP contribution in [0.4, 0.5) is 0 Å². The minimum atomic E-state index is -0.268. The molecular formula is C18H30IN5O2. The standard InChI is InChI=1S/C18H29N5O2.HI/c1-13-7-6-8-14(11-13)16(25)20-9-10-21-17(19-5)22-12-15(24)23-18(2,3)4;/h6-8,11H,9-10,12H2,1-5H3,(H,20,25)(H,23,24)(H2,19,21,22);1H. The summed E-state index contributed by atoms with van der Waals surface area (Å²) in [5.74, 6) is 0.287. The largest absolute Gasteiger partial charge is 0.355 e. The smallest absolute Gasteiger partial charge is 0.251 e. The first-order valence-corrected chi connectivity index (χ1v) is 8.31. The minimum Gasteiger partial charge on any atom is -0.355 e. The highest BCUT2D eigenvalue weighted by Crippen LogP contribution is 2.03. The number of nitrogens with zero attached hydrogens (tertiary/aromatic N) is 1. The number of carbonyl (C=O) groups excluding carboxylic acids is 2. The van der Waals surface area contributed by atoms with Crippen LogP contribution in [-0.2, 0) is 4.79 Å². The van der Waals surface area contributed by atoms with E-state index in [1.54, 1.807) is 13.1 Å². The van der Waals surface area contributed by atoms with Crippen LogP contribution in [0.25, 0.3) is 0 Å². The third-order valence-electron chi connectivity index (χ3n) is 3.14. The van der Waals surface area contributed by atoms with Gasteiger partial charge in [-0.2, -0.15) is 0 Å². The van der Waals surface area contributed by atoms with E-state index >= 15 is 0 Å². The van der Waals surface area contributed by atoms with Crippen LogP contribution in [0.5, 0.6) is 0 Å². The summed E-state index contributed by atoms with van der Waals surface area (Å²) in [6.45, 7) is 8.80. The molecule has 0 fully saturated rings. The second-order valence-electron chi connectivity index (χ2n) is 6.78. The third kappa shape index (κ3) is 10.2. The van der Waals surface area contributed by atoms with Gasteiger partial charge in [0.15, 0.2) is 5.96 Å². The number of hydrogen-bond donors (Lipinski definition) is 4. The second-order valence-corrected chi connectivity index (χ2v) is 6.78. The molecule has 0 aliphatic heterocycles. The Labute approximate surface area is 172 Å². The zero-order valence-electron chi connectivity index (χ0n) is 16.1. The number of carbonyl (C=O) groups is 2. The van der Waals surface area contributed by atoms with Gasteiger partial charge >= 0.3 is 0 Å². The topological polar surface area (TPSA) is 94.6 Å². The first-order valence-electron chi connectivity index (χ1n) is 8.31. The Morgan fingerprint density at radius 2 is 1.73 bits per heavy atom. The van der Waals surface area contributed by atoms with E-state index in [1.165, 1.54) is 0 Å². The molecule has 0 radical (unpaired) electrons. The number of amides is 2. The SMILES string of the molecule is CN=C(NCCNC(=O)c1cccc(C)c1)NCC(=O)NC(C)(C)C.I. The lowest BCUT2D eigenvalue weighted by Crippen LogP contribution is -2.48. The highest BCUT2D eigenvalue weighted by molar-refractivity contribution is 14.0. The molecule has 0 heterocycles. The van der Waals surface area contributed by atoms with Gasteiger partial charge in [-0.1, -0.05) is 17.7 Å². The Hall–Kier alpha value is -1.84. The predicted octanol–water partition coefficient (Wildman–Crippen LogP) is 1.42. The van der Waals surface area contributed by atoms with Gasteiger partial charge in [-0.15, -0.1) is 24.0 Å². The number of aryl methyl sites for hydroxylation is 1. The van der Waals surface area contributed by atoms with Crippen LogP contribution in [-0.4, -0.2) is 50.0 Å². The molecule has 0 unspecified atom stereocenters. The van der Waals surface area contributed by atoms with Crippen molar-refractivity contribution in [3.8, 4) is 0 Å². The van der Waals surface area contributed by atoms with Crippen LogP contribution >= 0.6 is 24.0 Å². The van der Waals surface area contributed by atoms with Crippen LogP contribution in [0, 0.1) is 6.92 Å². The Morgan fingerprint density at radius 1 is 1.08 bits per heavy atom. The summed E-state index contributed by atoms with van der Waals surface area (Å²) in [5, 5.41) is 11.7. The maximum atomic E-state index is 12.0. The molecule has 8 heteroatoms. The molecule has 1 aromatic rings. The number of benzene rings is 1. The molecule has 0 aliphatic rings. The van der Waals surface area contributed by atoms with E-state index < -0.39 is 0 Å². The molecule has 1 aromatic carbocycles. The van der Waals surface area contributed by atoms with Gasteiger partial charge in [-0.05, 0) is 39.8 Å². The first-order chi connectivity index (χ1) is 11.7. The zero-order chi connectivity index (χ0) is 18.9. The third-order valence-corrected chi connectivity index (χ3v) is 3.14. The summed E-state index contributed by atoms with van der Waals surface area (Å²) in [6, 6.07) is 7.43. The van der Waals surface area contributed by atoms with E-state index in [4.69, 9.17) is 0 Å². The summed E-state index contributed by atoms with van der Waals surface area (Å²) >= 11 is 0. The highest BCUT2D eigenvalue weighted by Gasteiger charge is 2.13. The van der Waals surface area contributed by atoms with Crippen molar-refractivity contribution in [3.63, 3.8) is 0 Å². The van der Waals surface area contributed by atoms with E-state index in [1.807, 2.05) is 45.9 Å². The fraction of sp³-hybridized carbons (Fsp3) is 0.500. The van der Waals surface area contributed by atoms with Gasteiger partial charge in [-0.3, -0.25) is 14.6 Å². The maximum Gasteiger partial charge on any atom is 0.251 e. The van der Waals surface area contributed by atoms with E-state index in [2.05, 4.69) is 26.3 Å². The van der Waals surface area contributed by atoms with Crippen LogP contribution < -0.4 is 21.3 Å². The molecule has 146 valence electrons. The number of hydrogen-bond acceptors (Lipinski definition) is 3. The van der Waals surface area contributed by atoms with Crippen molar-refractivity contribution >= 4 is 41.8 Å². The molecular weight excluding hydrogens is 445 g/mol. The van der Waals surface area contributed by atoms with Crippen molar-refractivity contribution in [2.45, 2.75) is 33.2 Å². The molecule has 0 atom stereocenters. The predicted molar refractivity (Wildman–Crippen MR) is 116 cm³/mol. The lowest BCUT2D eigenvalue weighted by Gasteiger charge is -2.21. The first kappa shape index (κ1) is 24.2. The summed E-state index contributed by atoms with van der Waals surface area (Å²) in [7, 11) is 1.63. The molecule has 1 rings (SSSR count). The Kier molecular flexibility index (Phi) is 10.9. The van der Waals surface area contributed by atoms with Crippen molar-refractivity contribution in [2.75, 3.05) is 26.7 Å². The van der Waals surface area contributed by atoms with E-state index in [0.29, 0.717) is 24.6 Å². The molecule has 0 saturated heterocycles. The highest BCUT2D eigenvalue weighted by atomic mass is 127. The summed E-state index contributed by atoms with van der Waals surface area (Å²) in [4.78, 5) is 27.8. The minimum absolute atomic E-state index is 0. The van der Waals surface area contributed by atoms with E-state index in [0.717, 1.165) is 5.56 Å². The van der Waals surface area contributed by atoms with Crippen LogP contribution in [0.1, 0.15) is 36.7 Å². The molecule has 0 bridgehead atoms. The molecule has 4 N–H and O–H groups in total. The van der Waals surface area contributed by atoms with Crippen molar-refractivity contribution in [2.24, 2.45) is 4.99 Å². The quantitative estimate of drug-likeness (QED) is 0.217. The number of halogens is 1. The summed E-state index contributed by atoms with van der Waals surface area (Å²) in [5.41, 5.74) is 1.42. The van der Waals surface area contributed by atoms with Gasteiger partial charge in [0.2, 0.25) is 5.91 Å². The Balaban J connectivity index is 0.00000625. The van der Waals surface area contributed by atoms with Crippen LogP contribution in [0.15, 0.2) is 29.3 Å². The van der Waals surface area contributed by atoms with E-state index in [9.17, 15) is 9.59 Å². The van der Waals surface area contributed by atoms with Gasteiger partial charge < -0.3 is 21.3 Å². The molecule has 0 aromatic heterocycles. The van der Waals surface area contributed by atoms with Gasteiger partial charge in [0.25, 0.3) is 5.91 Å². The number of guanidine groups is 1. The van der Waals surface area contributed by atoms with Crippen molar-refractivity contribution in [3.05, 3.63) is 35.4 Å². The molecule has 0 saturated carbocycles. The van der Waals surface area contributed by atoms with Crippen LogP contribution in [0.3, 0.4) is 0 Å². The lowest BCUT2D eigenvalue weighted by atomic mass is 10.1. The normalized spacial score (nSPS) is 11.2. The fourth-order valence-corrected chi connectivity index (χ4v) is 2.09. The molecule has 7 nitrogen and oxygen atoms in total. The maximum absolute atomic E-state index is 12.0. The van der Waals surface area contributed by atoms with E-state index in [-0.39, 0.29) is 47.9 Å². The number of aliphatic imine (C=N–C) groups is 1. The van der Waals surface area contributed by atoms with Crippen molar-refractivity contribution in [1.29, 1.82) is 0 Å². The average molecular weight is 475 g/mol. The molecule has 2 amide bonds.